The van der Waals surface area contributed by atoms with Crippen LogP contribution in [0.4, 0.5) is 5.69 Å². The minimum atomic E-state index is -0.394. The highest BCUT2D eigenvalue weighted by atomic mass is 35.5. The number of hydrogen-bond donors (Lipinski definition) is 2. The normalized spacial score (nSPS) is 10.1. The Kier molecular flexibility index (Phi) is 5.55. The number of para-hydroxylation sites is 1. The zero-order chi connectivity index (χ0) is 15.9. The second-order valence-corrected chi connectivity index (χ2v) is 5.37. The molecule has 0 aromatic heterocycles. The predicted octanol–water partition coefficient (Wildman–Crippen LogP) is 3.29. The van der Waals surface area contributed by atoms with Crippen molar-refractivity contribution in [3.63, 3.8) is 0 Å². The van der Waals surface area contributed by atoms with E-state index in [1.807, 2.05) is 31.2 Å². The highest BCUT2D eigenvalue weighted by Gasteiger charge is 2.10. The number of amides is 2. The van der Waals surface area contributed by atoms with Gasteiger partial charge in [0.05, 0.1) is 10.7 Å². The highest BCUT2D eigenvalue weighted by molar-refractivity contribution is 6.33. The highest BCUT2D eigenvalue weighted by Crippen LogP contribution is 2.20. The van der Waals surface area contributed by atoms with Crippen molar-refractivity contribution in [1.29, 1.82) is 0 Å². The molecular weight excluding hydrogens is 300 g/mol. The van der Waals surface area contributed by atoms with Gasteiger partial charge in [-0.1, -0.05) is 53.6 Å². The van der Waals surface area contributed by atoms with Crippen LogP contribution in [0.3, 0.4) is 0 Å². The van der Waals surface area contributed by atoms with Gasteiger partial charge in [-0.3, -0.25) is 9.59 Å². The minimum absolute atomic E-state index is 0.239. The maximum atomic E-state index is 11.8. The van der Waals surface area contributed by atoms with Gasteiger partial charge in [-0.25, -0.2) is 0 Å². The molecule has 2 N–H and O–H groups in total. The van der Waals surface area contributed by atoms with E-state index in [1.165, 1.54) is 0 Å². The third-order valence-electron chi connectivity index (χ3n) is 3.08. The molecule has 2 aromatic carbocycles. The fourth-order valence-corrected chi connectivity index (χ4v) is 2.05. The van der Waals surface area contributed by atoms with Gasteiger partial charge in [-0.05, 0) is 24.6 Å². The molecule has 2 amide bonds. The Bertz CT molecular complexity index is 669. The van der Waals surface area contributed by atoms with Crippen molar-refractivity contribution in [2.75, 3.05) is 5.32 Å². The first-order valence-corrected chi connectivity index (χ1v) is 7.29. The van der Waals surface area contributed by atoms with E-state index < -0.39 is 5.91 Å². The number of hydrogen-bond acceptors (Lipinski definition) is 2. The summed E-state index contributed by atoms with van der Waals surface area (Å²) in [6.07, 6.45) is -0.239. The maximum absolute atomic E-state index is 11.8. The van der Waals surface area contributed by atoms with E-state index in [0.29, 0.717) is 17.3 Å². The second kappa shape index (κ2) is 7.61. The molecule has 0 aliphatic rings. The molecule has 0 aliphatic carbocycles. The lowest BCUT2D eigenvalue weighted by atomic mass is 10.1. The summed E-state index contributed by atoms with van der Waals surface area (Å²) in [6, 6.07) is 14.7. The molecule has 0 unspecified atom stereocenters. The Morgan fingerprint density at radius 1 is 1.00 bits per heavy atom. The molecule has 0 saturated carbocycles. The molecule has 0 radical (unpaired) electrons. The lowest BCUT2D eigenvalue weighted by Crippen LogP contribution is -2.27. The number of aryl methyl sites for hydroxylation is 1. The molecule has 0 spiro atoms. The number of carbonyl (C=O) groups excluding carboxylic acids is 2. The first-order chi connectivity index (χ1) is 10.5. The average molecular weight is 317 g/mol. The molecule has 2 aromatic rings. The van der Waals surface area contributed by atoms with Crippen LogP contribution in [-0.2, 0) is 16.1 Å². The van der Waals surface area contributed by atoms with Crippen LogP contribution in [0.5, 0.6) is 0 Å². The number of anilines is 1. The van der Waals surface area contributed by atoms with Gasteiger partial charge in [0.1, 0.15) is 6.42 Å². The van der Waals surface area contributed by atoms with E-state index in [4.69, 9.17) is 11.6 Å². The van der Waals surface area contributed by atoms with Crippen LogP contribution in [0.2, 0.25) is 5.02 Å². The molecule has 0 saturated heterocycles. The van der Waals surface area contributed by atoms with Crippen LogP contribution in [0, 0.1) is 6.92 Å². The molecular formula is C17H17ClN2O2. The summed E-state index contributed by atoms with van der Waals surface area (Å²) in [6.45, 7) is 2.40. The Labute approximate surface area is 134 Å². The van der Waals surface area contributed by atoms with Crippen molar-refractivity contribution in [2.45, 2.75) is 19.9 Å². The van der Waals surface area contributed by atoms with Gasteiger partial charge in [0, 0.05) is 6.54 Å². The van der Waals surface area contributed by atoms with Crippen LogP contribution in [-0.4, -0.2) is 11.8 Å². The van der Waals surface area contributed by atoms with Gasteiger partial charge in [0.15, 0.2) is 0 Å². The van der Waals surface area contributed by atoms with E-state index in [1.54, 1.807) is 24.3 Å². The molecule has 22 heavy (non-hydrogen) atoms. The van der Waals surface area contributed by atoms with Crippen molar-refractivity contribution in [3.8, 4) is 0 Å². The summed E-state index contributed by atoms with van der Waals surface area (Å²) in [7, 11) is 0. The Morgan fingerprint density at radius 3 is 2.36 bits per heavy atom. The van der Waals surface area contributed by atoms with Crippen molar-refractivity contribution >= 4 is 29.1 Å². The van der Waals surface area contributed by atoms with Gasteiger partial charge in [-0.2, -0.15) is 0 Å². The van der Waals surface area contributed by atoms with Gasteiger partial charge >= 0.3 is 0 Å². The summed E-state index contributed by atoms with van der Waals surface area (Å²) in [5.74, 6) is -0.723. The molecule has 4 nitrogen and oxygen atoms in total. The summed E-state index contributed by atoms with van der Waals surface area (Å²) in [5, 5.41) is 5.77. The fraction of sp³-hybridized carbons (Fsp3) is 0.176. The smallest absolute Gasteiger partial charge is 0.233 e. The standard InChI is InChI=1S/C17H17ClN2O2/c1-12-6-8-13(9-7-12)11-19-16(21)10-17(22)20-15-5-3-2-4-14(15)18/h2-9H,10-11H2,1H3,(H,19,21)(H,20,22). The summed E-state index contributed by atoms with van der Waals surface area (Å²) in [5.41, 5.74) is 2.65. The molecule has 0 bridgehead atoms. The SMILES string of the molecule is Cc1ccc(CNC(=O)CC(=O)Nc2ccccc2Cl)cc1. The lowest BCUT2D eigenvalue weighted by Gasteiger charge is -2.08. The summed E-state index contributed by atoms with van der Waals surface area (Å²) in [4.78, 5) is 23.6. The Balaban J connectivity index is 1.80. The molecule has 0 fully saturated rings. The molecule has 0 aliphatic heterocycles. The topological polar surface area (TPSA) is 58.2 Å². The van der Waals surface area contributed by atoms with E-state index in [-0.39, 0.29) is 12.3 Å². The zero-order valence-electron chi connectivity index (χ0n) is 12.2. The zero-order valence-corrected chi connectivity index (χ0v) is 13.0. The third-order valence-corrected chi connectivity index (χ3v) is 3.41. The monoisotopic (exact) mass is 316 g/mol. The van der Waals surface area contributed by atoms with Crippen molar-refractivity contribution in [1.82, 2.24) is 5.32 Å². The van der Waals surface area contributed by atoms with E-state index in [9.17, 15) is 9.59 Å². The number of nitrogens with one attached hydrogen (secondary N) is 2. The molecule has 2 rings (SSSR count). The van der Waals surface area contributed by atoms with Crippen LogP contribution in [0.15, 0.2) is 48.5 Å². The molecule has 114 valence electrons. The second-order valence-electron chi connectivity index (χ2n) is 4.97. The van der Waals surface area contributed by atoms with E-state index in [0.717, 1.165) is 11.1 Å². The first-order valence-electron chi connectivity index (χ1n) is 6.91. The maximum Gasteiger partial charge on any atom is 0.233 e. The van der Waals surface area contributed by atoms with Crippen LogP contribution < -0.4 is 10.6 Å². The Hall–Kier alpha value is -2.33. The van der Waals surface area contributed by atoms with Crippen LogP contribution >= 0.6 is 11.6 Å². The molecule has 5 heteroatoms. The van der Waals surface area contributed by atoms with Gasteiger partial charge in [-0.15, -0.1) is 0 Å². The van der Waals surface area contributed by atoms with Gasteiger partial charge < -0.3 is 10.6 Å². The van der Waals surface area contributed by atoms with E-state index in [2.05, 4.69) is 10.6 Å². The lowest BCUT2D eigenvalue weighted by molar-refractivity contribution is -0.126. The molecule has 0 heterocycles. The van der Waals surface area contributed by atoms with Crippen molar-refractivity contribution in [3.05, 3.63) is 64.7 Å². The van der Waals surface area contributed by atoms with Crippen molar-refractivity contribution < 1.29 is 9.59 Å². The van der Waals surface area contributed by atoms with E-state index >= 15 is 0 Å². The Morgan fingerprint density at radius 2 is 1.68 bits per heavy atom. The van der Waals surface area contributed by atoms with Gasteiger partial charge in [0.25, 0.3) is 0 Å². The average Bonchev–Trinajstić information content (AvgIpc) is 2.49. The molecule has 0 atom stereocenters. The van der Waals surface area contributed by atoms with Crippen LogP contribution in [0.1, 0.15) is 17.5 Å². The fourth-order valence-electron chi connectivity index (χ4n) is 1.87. The first kappa shape index (κ1) is 16.0. The number of rotatable bonds is 5. The number of carbonyl (C=O) groups is 2. The third kappa shape index (κ3) is 4.90. The minimum Gasteiger partial charge on any atom is -0.352 e. The number of halogens is 1. The summed E-state index contributed by atoms with van der Waals surface area (Å²) < 4.78 is 0. The largest absolute Gasteiger partial charge is 0.352 e. The quantitative estimate of drug-likeness (QED) is 0.832. The predicted molar refractivity (Wildman–Crippen MR) is 87.7 cm³/mol. The number of benzene rings is 2. The van der Waals surface area contributed by atoms with Crippen LogP contribution in [0.25, 0.3) is 0 Å². The summed E-state index contributed by atoms with van der Waals surface area (Å²) >= 11 is 5.94. The van der Waals surface area contributed by atoms with Crippen molar-refractivity contribution in [2.24, 2.45) is 0 Å². The van der Waals surface area contributed by atoms with Gasteiger partial charge in [0.2, 0.25) is 11.8 Å².